The van der Waals surface area contributed by atoms with Crippen LogP contribution in [0.5, 0.6) is 17.2 Å². The second kappa shape index (κ2) is 11.5. The first-order chi connectivity index (χ1) is 15.9. The molecule has 33 heavy (non-hydrogen) atoms. The molecule has 0 radical (unpaired) electrons. The molecule has 0 aliphatic heterocycles. The van der Waals surface area contributed by atoms with E-state index in [-0.39, 0.29) is 23.8 Å². The summed E-state index contributed by atoms with van der Waals surface area (Å²) in [7, 11) is 1.46. The molecule has 0 saturated heterocycles. The molecule has 1 aromatic heterocycles. The van der Waals surface area contributed by atoms with Crippen LogP contribution in [0.2, 0.25) is 10.0 Å². The second-order valence-corrected chi connectivity index (χ2v) is 8.41. The first-order valence-electron chi connectivity index (χ1n) is 9.52. The first-order valence-corrected chi connectivity index (χ1v) is 11.1. The van der Waals surface area contributed by atoms with E-state index in [1.54, 1.807) is 31.2 Å². The SMILES string of the molecule is COc1cc(/C=C(/C#N)C(=O)Nc2nnc(C)s2)cc(Cl)c1OCCOc1ccccc1Cl. The standard InChI is InChI=1S/C22H18Cl2N4O4S/c1-13-27-28-22(33-13)26-21(29)15(12-25)9-14-10-17(24)20(19(11-14)30-2)32-8-7-31-18-6-4-3-5-16(18)23/h3-6,9-11H,7-8H2,1-2H3,(H,26,28,29)/b15-9-. The number of ether oxygens (including phenoxy) is 3. The van der Waals surface area contributed by atoms with E-state index in [9.17, 15) is 10.1 Å². The number of rotatable bonds is 9. The Morgan fingerprint density at radius 3 is 2.58 bits per heavy atom. The highest BCUT2D eigenvalue weighted by Crippen LogP contribution is 2.37. The van der Waals surface area contributed by atoms with Gasteiger partial charge in [0.1, 0.15) is 35.6 Å². The molecule has 1 amide bonds. The predicted octanol–water partition coefficient (Wildman–Crippen LogP) is 5.17. The van der Waals surface area contributed by atoms with Gasteiger partial charge in [0.25, 0.3) is 5.91 Å². The highest BCUT2D eigenvalue weighted by Gasteiger charge is 2.15. The van der Waals surface area contributed by atoms with Gasteiger partial charge >= 0.3 is 0 Å². The van der Waals surface area contributed by atoms with Gasteiger partial charge in [0, 0.05) is 0 Å². The van der Waals surface area contributed by atoms with Crippen LogP contribution < -0.4 is 19.5 Å². The lowest BCUT2D eigenvalue weighted by Crippen LogP contribution is -2.13. The van der Waals surface area contributed by atoms with Gasteiger partial charge in [-0.05, 0) is 42.8 Å². The quantitative estimate of drug-likeness (QED) is 0.243. The van der Waals surface area contributed by atoms with E-state index in [0.717, 1.165) is 0 Å². The average Bonchev–Trinajstić information content (AvgIpc) is 3.21. The molecule has 1 heterocycles. The Morgan fingerprint density at radius 2 is 1.91 bits per heavy atom. The minimum absolute atomic E-state index is 0.136. The van der Waals surface area contributed by atoms with E-state index in [1.807, 2.05) is 18.2 Å². The van der Waals surface area contributed by atoms with Crippen molar-refractivity contribution in [1.29, 1.82) is 5.26 Å². The van der Waals surface area contributed by atoms with Gasteiger partial charge in [-0.2, -0.15) is 5.26 Å². The zero-order valence-corrected chi connectivity index (χ0v) is 19.9. The molecular formula is C22H18Cl2N4O4S. The van der Waals surface area contributed by atoms with Gasteiger partial charge < -0.3 is 14.2 Å². The van der Waals surface area contributed by atoms with Crippen LogP contribution >= 0.6 is 34.5 Å². The summed E-state index contributed by atoms with van der Waals surface area (Å²) < 4.78 is 16.7. The molecule has 0 bridgehead atoms. The van der Waals surface area contributed by atoms with E-state index < -0.39 is 5.91 Å². The number of methoxy groups -OCH3 is 1. The highest BCUT2D eigenvalue weighted by atomic mass is 35.5. The summed E-state index contributed by atoms with van der Waals surface area (Å²) in [6, 6.07) is 12.2. The Labute approximate surface area is 204 Å². The van der Waals surface area contributed by atoms with Crippen LogP contribution in [0.1, 0.15) is 10.6 Å². The zero-order valence-electron chi connectivity index (χ0n) is 17.6. The average molecular weight is 505 g/mol. The third kappa shape index (κ3) is 6.58. The van der Waals surface area contributed by atoms with Gasteiger partial charge in [-0.15, -0.1) is 10.2 Å². The lowest BCUT2D eigenvalue weighted by atomic mass is 10.1. The van der Waals surface area contributed by atoms with Crippen molar-refractivity contribution in [2.45, 2.75) is 6.92 Å². The Bertz CT molecular complexity index is 1220. The van der Waals surface area contributed by atoms with Gasteiger partial charge in [-0.25, -0.2) is 0 Å². The number of halogens is 2. The van der Waals surface area contributed by atoms with E-state index in [0.29, 0.717) is 38.0 Å². The fourth-order valence-electron chi connectivity index (χ4n) is 2.65. The summed E-state index contributed by atoms with van der Waals surface area (Å²) in [5.74, 6) is 0.586. The van der Waals surface area contributed by atoms with Crippen LogP contribution in [-0.4, -0.2) is 36.4 Å². The Morgan fingerprint density at radius 1 is 1.15 bits per heavy atom. The van der Waals surface area contributed by atoms with Crippen molar-refractivity contribution < 1.29 is 19.0 Å². The van der Waals surface area contributed by atoms with Crippen LogP contribution in [0.3, 0.4) is 0 Å². The molecule has 0 atom stereocenters. The Kier molecular flexibility index (Phi) is 8.49. The fourth-order valence-corrected chi connectivity index (χ4v) is 3.70. The topological polar surface area (TPSA) is 106 Å². The first kappa shape index (κ1) is 24.3. The largest absolute Gasteiger partial charge is 0.493 e. The number of nitriles is 1. The van der Waals surface area contributed by atoms with Crippen LogP contribution in [0.25, 0.3) is 6.08 Å². The number of nitrogens with one attached hydrogen (secondary N) is 1. The van der Waals surface area contributed by atoms with Crippen molar-refractivity contribution in [3.8, 4) is 23.3 Å². The zero-order chi connectivity index (χ0) is 23.8. The molecule has 0 spiro atoms. The highest BCUT2D eigenvalue weighted by molar-refractivity contribution is 7.15. The van der Waals surface area contributed by atoms with Crippen molar-refractivity contribution in [1.82, 2.24) is 10.2 Å². The number of amides is 1. The number of aromatic nitrogens is 2. The van der Waals surface area contributed by atoms with Crippen LogP contribution in [0, 0.1) is 18.3 Å². The molecule has 0 fully saturated rings. The van der Waals surface area contributed by atoms with Gasteiger partial charge in [0.2, 0.25) is 5.13 Å². The number of para-hydroxylation sites is 1. The number of carbonyl (C=O) groups is 1. The second-order valence-electron chi connectivity index (χ2n) is 6.41. The van der Waals surface area contributed by atoms with Crippen molar-refractivity contribution >= 4 is 51.7 Å². The number of anilines is 1. The molecule has 170 valence electrons. The maximum Gasteiger partial charge on any atom is 0.268 e. The third-order valence-corrected chi connectivity index (χ3v) is 5.45. The molecule has 2 aromatic carbocycles. The molecular weight excluding hydrogens is 487 g/mol. The third-order valence-electron chi connectivity index (χ3n) is 4.10. The summed E-state index contributed by atoms with van der Waals surface area (Å²) in [5, 5.41) is 21.4. The minimum Gasteiger partial charge on any atom is -0.493 e. The molecule has 8 nitrogen and oxygen atoms in total. The van der Waals surface area contributed by atoms with Gasteiger partial charge in [0.15, 0.2) is 11.5 Å². The monoisotopic (exact) mass is 504 g/mol. The van der Waals surface area contributed by atoms with Crippen molar-refractivity contribution in [3.05, 3.63) is 62.6 Å². The molecule has 0 aliphatic carbocycles. The summed E-state index contributed by atoms with van der Waals surface area (Å²) in [6.07, 6.45) is 1.39. The van der Waals surface area contributed by atoms with Gasteiger partial charge in [-0.3, -0.25) is 10.1 Å². The normalized spacial score (nSPS) is 10.9. The van der Waals surface area contributed by atoms with Crippen LogP contribution in [-0.2, 0) is 4.79 Å². The van der Waals surface area contributed by atoms with Crippen molar-refractivity contribution in [3.63, 3.8) is 0 Å². The number of nitrogens with zero attached hydrogens (tertiary/aromatic N) is 3. The maximum absolute atomic E-state index is 12.4. The molecule has 3 aromatic rings. The van der Waals surface area contributed by atoms with Gasteiger partial charge in [0.05, 0.1) is 17.2 Å². The summed E-state index contributed by atoms with van der Waals surface area (Å²) in [5.41, 5.74) is 0.347. The van der Waals surface area contributed by atoms with E-state index in [4.69, 9.17) is 37.4 Å². The van der Waals surface area contributed by atoms with Crippen molar-refractivity contribution in [2.24, 2.45) is 0 Å². The fraction of sp³-hybridized carbons (Fsp3) is 0.182. The lowest BCUT2D eigenvalue weighted by Gasteiger charge is -2.14. The number of hydrogen-bond acceptors (Lipinski definition) is 8. The van der Waals surface area contributed by atoms with Crippen LogP contribution in [0.4, 0.5) is 5.13 Å². The summed E-state index contributed by atoms with van der Waals surface area (Å²) in [6.45, 7) is 2.17. The smallest absolute Gasteiger partial charge is 0.268 e. The molecule has 0 saturated carbocycles. The van der Waals surface area contributed by atoms with E-state index in [2.05, 4.69) is 15.5 Å². The summed E-state index contributed by atoms with van der Waals surface area (Å²) >= 11 is 13.6. The van der Waals surface area contributed by atoms with Gasteiger partial charge in [-0.1, -0.05) is 46.7 Å². The lowest BCUT2D eigenvalue weighted by molar-refractivity contribution is -0.112. The Hall–Kier alpha value is -3.32. The number of benzene rings is 2. The van der Waals surface area contributed by atoms with E-state index >= 15 is 0 Å². The van der Waals surface area contributed by atoms with E-state index in [1.165, 1.54) is 24.5 Å². The number of aryl methyl sites for hydroxylation is 1. The molecule has 11 heteroatoms. The minimum atomic E-state index is -0.610. The molecule has 0 unspecified atom stereocenters. The Balaban J connectivity index is 1.70. The van der Waals surface area contributed by atoms with Crippen LogP contribution in [0.15, 0.2) is 42.0 Å². The predicted molar refractivity (Wildman–Crippen MR) is 127 cm³/mol. The molecule has 0 aliphatic rings. The number of carbonyl (C=O) groups excluding carboxylic acids is 1. The molecule has 3 rings (SSSR count). The van der Waals surface area contributed by atoms with Crippen molar-refractivity contribution in [2.75, 3.05) is 25.6 Å². The maximum atomic E-state index is 12.4. The molecule has 1 N–H and O–H groups in total. The summed E-state index contributed by atoms with van der Waals surface area (Å²) in [4.78, 5) is 12.4. The number of hydrogen-bond donors (Lipinski definition) is 1.